The molecule has 0 saturated carbocycles. The summed E-state index contributed by atoms with van der Waals surface area (Å²) in [4.78, 5) is 4.49. The van der Waals surface area contributed by atoms with E-state index in [2.05, 4.69) is 28.4 Å². The predicted octanol–water partition coefficient (Wildman–Crippen LogP) is 1.62. The third-order valence-electron chi connectivity index (χ3n) is 2.86. The Morgan fingerprint density at radius 3 is 2.84 bits per heavy atom. The van der Waals surface area contributed by atoms with Crippen molar-refractivity contribution in [2.45, 2.75) is 20.4 Å². The van der Waals surface area contributed by atoms with E-state index in [1.165, 1.54) is 5.56 Å². The van der Waals surface area contributed by atoms with Gasteiger partial charge in [-0.05, 0) is 37.1 Å². The zero-order chi connectivity index (χ0) is 13.7. The van der Waals surface area contributed by atoms with Crippen LogP contribution in [0.25, 0.3) is 5.82 Å². The first-order chi connectivity index (χ1) is 9.20. The van der Waals surface area contributed by atoms with Gasteiger partial charge in [0.15, 0.2) is 5.82 Å². The average Bonchev–Trinajstić information content (AvgIpc) is 2.81. The lowest BCUT2D eigenvalue weighted by atomic mass is 10.2. The molecule has 0 radical (unpaired) electrons. The number of hydrogen-bond donors (Lipinski definition) is 1. The second-order valence-corrected chi connectivity index (χ2v) is 4.56. The van der Waals surface area contributed by atoms with E-state index in [1.807, 2.05) is 30.1 Å². The fraction of sp³-hybridized carbons (Fsp3) is 0.429. The van der Waals surface area contributed by atoms with E-state index in [0.29, 0.717) is 0 Å². The minimum absolute atomic E-state index is 0.719. The van der Waals surface area contributed by atoms with Gasteiger partial charge in [-0.15, -0.1) is 0 Å². The molecule has 2 rings (SSSR count). The lowest BCUT2D eigenvalue weighted by Gasteiger charge is -2.08. The number of pyridine rings is 1. The van der Waals surface area contributed by atoms with Crippen LogP contribution in [0.2, 0.25) is 0 Å². The molecule has 0 fully saturated rings. The monoisotopic (exact) mass is 260 g/mol. The van der Waals surface area contributed by atoms with Crippen molar-refractivity contribution in [2.75, 3.05) is 20.3 Å². The van der Waals surface area contributed by atoms with E-state index in [-0.39, 0.29) is 0 Å². The van der Waals surface area contributed by atoms with Gasteiger partial charge in [-0.25, -0.2) is 9.67 Å². The zero-order valence-electron chi connectivity index (χ0n) is 11.7. The number of rotatable bonds is 6. The zero-order valence-corrected chi connectivity index (χ0v) is 11.7. The van der Waals surface area contributed by atoms with Crippen LogP contribution in [0.1, 0.15) is 16.8 Å². The van der Waals surface area contributed by atoms with E-state index < -0.39 is 0 Å². The van der Waals surface area contributed by atoms with E-state index in [4.69, 9.17) is 4.74 Å². The maximum absolute atomic E-state index is 4.99. The molecular weight excluding hydrogens is 240 g/mol. The Kier molecular flexibility index (Phi) is 4.65. The Hall–Kier alpha value is -1.72. The van der Waals surface area contributed by atoms with Crippen LogP contribution in [-0.2, 0) is 11.3 Å². The van der Waals surface area contributed by atoms with E-state index in [9.17, 15) is 0 Å². The summed E-state index contributed by atoms with van der Waals surface area (Å²) in [6.07, 6.45) is 3.82. The summed E-state index contributed by atoms with van der Waals surface area (Å²) < 4.78 is 6.81. The van der Waals surface area contributed by atoms with Gasteiger partial charge < -0.3 is 10.1 Å². The molecule has 0 atom stereocenters. The second-order valence-electron chi connectivity index (χ2n) is 4.56. The van der Waals surface area contributed by atoms with Crippen molar-refractivity contribution in [3.05, 3.63) is 41.3 Å². The summed E-state index contributed by atoms with van der Waals surface area (Å²) >= 11 is 0. The average molecular weight is 260 g/mol. The van der Waals surface area contributed by atoms with Crippen molar-refractivity contribution in [1.82, 2.24) is 20.1 Å². The van der Waals surface area contributed by atoms with Gasteiger partial charge in [0.2, 0.25) is 0 Å². The summed E-state index contributed by atoms with van der Waals surface area (Å²) in [5.41, 5.74) is 3.28. The molecule has 2 aromatic heterocycles. The van der Waals surface area contributed by atoms with Crippen molar-refractivity contribution in [3.8, 4) is 5.82 Å². The van der Waals surface area contributed by atoms with E-state index >= 15 is 0 Å². The van der Waals surface area contributed by atoms with Gasteiger partial charge in [0.1, 0.15) is 0 Å². The number of nitrogens with one attached hydrogen (secondary N) is 1. The van der Waals surface area contributed by atoms with Gasteiger partial charge in [0.05, 0.1) is 12.3 Å². The number of nitrogens with zero attached hydrogens (tertiary/aromatic N) is 3. The molecule has 0 aliphatic rings. The smallest absolute Gasteiger partial charge is 0.156 e. The molecule has 0 unspecified atom stereocenters. The van der Waals surface area contributed by atoms with Gasteiger partial charge in [0.25, 0.3) is 0 Å². The molecule has 0 bridgehead atoms. The second kappa shape index (κ2) is 6.45. The Labute approximate surface area is 113 Å². The normalized spacial score (nSPS) is 10.9. The maximum atomic E-state index is 4.99. The van der Waals surface area contributed by atoms with Gasteiger partial charge in [-0.1, -0.05) is 0 Å². The number of methoxy groups -OCH3 is 1. The molecule has 2 heterocycles. The molecule has 0 aliphatic carbocycles. The summed E-state index contributed by atoms with van der Waals surface area (Å²) in [5, 5.41) is 7.69. The predicted molar refractivity (Wildman–Crippen MR) is 74.4 cm³/mol. The molecular formula is C14H20N4O. The Bertz CT molecular complexity index is 536. The van der Waals surface area contributed by atoms with Crippen LogP contribution >= 0.6 is 0 Å². The number of aryl methyl sites for hydroxylation is 2. The van der Waals surface area contributed by atoms with E-state index in [0.717, 1.165) is 36.8 Å². The fourth-order valence-corrected chi connectivity index (χ4v) is 1.90. The molecule has 0 amide bonds. The van der Waals surface area contributed by atoms with Crippen LogP contribution in [-0.4, -0.2) is 35.0 Å². The van der Waals surface area contributed by atoms with Crippen LogP contribution in [0.4, 0.5) is 0 Å². The van der Waals surface area contributed by atoms with Crippen LogP contribution in [0.5, 0.6) is 0 Å². The first-order valence-corrected chi connectivity index (χ1v) is 6.38. The molecule has 0 aromatic carbocycles. The molecule has 1 N–H and O–H groups in total. The highest BCUT2D eigenvalue weighted by Gasteiger charge is 2.05. The van der Waals surface area contributed by atoms with Gasteiger partial charge in [0, 0.05) is 32.6 Å². The third kappa shape index (κ3) is 3.62. The Balaban J connectivity index is 2.05. The fourth-order valence-electron chi connectivity index (χ4n) is 1.90. The molecule has 5 nitrogen and oxygen atoms in total. The number of hydrogen-bond acceptors (Lipinski definition) is 4. The molecule has 2 aromatic rings. The quantitative estimate of drug-likeness (QED) is 0.802. The van der Waals surface area contributed by atoms with Crippen LogP contribution < -0.4 is 5.32 Å². The first kappa shape index (κ1) is 13.7. The van der Waals surface area contributed by atoms with Crippen LogP contribution in [0.15, 0.2) is 24.5 Å². The van der Waals surface area contributed by atoms with Crippen molar-refractivity contribution in [2.24, 2.45) is 0 Å². The van der Waals surface area contributed by atoms with Crippen LogP contribution in [0.3, 0.4) is 0 Å². The minimum atomic E-state index is 0.719. The van der Waals surface area contributed by atoms with Gasteiger partial charge in [-0.2, -0.15) is 5.10 Å². The lowest BCUT2D eigenvalue weighted by Crippen LogP contribution is -2.18. The summed E-state index contributed by atoms with van der Waals surface area (Å²) in [6, 6.07) is 4.11. The topological polar surface area (TPSA) is 52.0 Å². The molecule has 102 valence electrons. The summed E-state index contributed by atoms with van der Waals surface area (Å²) in [6.45, 7) is 6.39. The molecule has 0 spiro atoms. The largest absolute Gasteiger partial charge is 0.383 e. The lowest BCUT2D eigenvalue weighted by molar-refractivity contribution is 0.199. The molecule has 5 heteroatoms. The van der Waals surface area contributed by atoms with Gasteiger partial charge in [-0.3, -0.25) is 0 Å². The summed E-state index contributed by atoms with van der Waals surface area (Å²) in [7, 11) is 1.70. The van der Waals surface area contributed by atoms with Crippen molar-refractivity contribution < 1.29 is 4.74 Å². The highest BCUT2D eigenvalue weighted by atomic mass is 16.5. The Morgan fingerprint density at radius 2 is 2.21 bits per heavy atom. The number of aromatic nitrogens is 3. The molecule has 19 heavy (non-hydrogen) atoms. The minimum Gasteiger partial charge on any atom is -0.383 e. The van der Waals surface area contributed by atoms with E-state index in [1.54, 1.807) is 7.11 Å². The van der Waals surface area contributed by atoms with Crippen molar-refractivity contribution in [3.63, 3.8) is 0 Å². The highest BCUT2D eigenvalue weighted by Crippen LogP contribution is 2.12. The summed E-state index contributed by atoms with van der Waals surface area (Å²) in [5.74, 6) is 0.883. The highest BCUT2D eigenvalue weighted by molar-refractivity contribution is 5.34. The Morgan fingerprint density at radius 1 is 1.37 bits per heavy atom. The SMILES string of the molecule is COCCNCc1cnc(-n2ccc(C)n2)c(C)c1. The maximum Gasteiger partial charge on any atom is 0.156 e. The standard InChI is InChI=1S/C14H20N4O/c1-11-8-13(9-15-5-7-19-3)10-16-14(11)18-6-4-12(2)17-18/h4,6,8,10,15H,5,7,9H2,1-3H3. The van der Waals surface area contributed by atoms with Crippen molar-refractivity contribution in [1.29, 1.82) is 0 Å². The first-order valence-electron chi connectivity index (χ1n) is 6.38. The third-order valence-corrected chi connectivity index (χ3v) is 2.86. The van der Waals surface area contributed by atoms with Gasteiger partial charge >= 0.3 is 0 Å². The molecule has 0 saturated heterocycles. The molecule has 0 aliphatic heterocycles. The number of ether oxygens (including phenoxy) is 1. The van der Waals surface area contributed by atoms with Crippen molar-refractivity contribution >= 4 is 0 Å². The van der Waals surface area contributed by atoms with Crippen LogP contribution in [0, 0.1) is 13.8 Å².